The number of benzene rings is 1. The lowest BCUT2D eigenvalue weighted by atomic mass is 9.92. The van der Waals surface area contributed by atoms with Crippen molar-refractivity contribution in [1.82, 2.24) is 15.5 Å². The molecule has 3 rings (SSSR count). The number of piperidine rings is 2. The highest BCUT2D eigenvalue weighted by molar-refractivity contribution is 6.33. The average molecular weight is 409 g/mol. The van der Waals surface area contributed by atoms with Crippen LogP contribution >= 0.6 is 11.6 Å². The Morgan fingerprint density at radius 2 is 1.93 bits per heavy atom. The van der Waals surface area contributed by atoms with Crippen molar-refractivity contribution in [2.45, 2.75) is 25.7 Å². The molecule has 7 nitrogen and oxygen atoms in total. The van der Waals surface area contributed by atoms with Crippen molar-refractivity contribution in [3.05, 3.63) is 22.7 Å². The first-order valence-electron chi connectivity index (χ1n) is 9.90. The van der Waals surface area contributed by atoms with Crippen LogP contribution < -0.4 is 21.1 Å². The van der Waals surface area contributed by atoms with Crippen LogP contribution in [0.15, 0.2) is 12.1 Å². The topological polar surface area (TPSA) is 96.7 Å². The lowest BCUT2D eigenvalue weighted by molar-refractivity contribution is -0.137. The summed E-state index contributed by atoms with van der Waals surface area (Å²) in [6, 6.07) is 3.09. The minimum absolute atomic E-state index is 0.167. The fourth-order valence-electron chi connectivity index (χ4n) is 3.93. The molecule has 0 bridgehead atoms. The smallest absolute Gasteiger partial charge is 0.255 e. The number of rotatable bonds is 5. The van der Waals surface area contributed by atoms with Crippen molar-refractivity contribution < 1.29 is 14.3 Å². The summed E-state index contributed by atoms with van der Waals surface area (Å²) < 4.78 is 5.24. The molecule has 2 amide bonds. The number of hydrogen-bond donors (Lipinski definition) is 3. The van der Waals surface area contributed by atoms with Gasteiger partial charge in [0.15, 0.2) is 0 Å². The number of anilines is 1. The minimum atomic E-state index is -0.230. The van der Waals surface area contributed by atoms with E-state index in [-0.39, 0.29) is 11.8 Å². The third kappa shape index (κ3) is 4.89. The summed E-state index contributed by atoms with van der Waals surface area (Å²) in [5.41, 5.74) is 6.52. The summed E-state index contributed by atoms with van der Waals surface area (Å²) in [7, 11) is 1.49. The SMILES string of the molecule is COc1cc(N)c(Cl)cc1C(=O)NCC1CCN(C(=O)C2CCNCC2)CC1. The van der Waals surface area contributed by atoms with Crippen LogP contribution in [0.2, 0.25) is 5.02 Å². The fourth-order valence-corrected chi connectivity index (χ4v) is 4.10. The van der Waals surface area contributed by atoms with Gasteiger partial charge in [-0.2, -0.15) is 0 Å². The first kappa shape index (κ1) is 20.7. The van der Waals surface area contributed by atoms with E-state index in [4.69, 9.17) is 22.1 Å². The molecule has 8 heteroatoms. The molecule has 154 valence electrons. The van der Waals surface area contributed by atoms with E-state index in [0.29, 0.717) is 40.4 Å². The Morgan fingerprint density at radius 3 is 2.57 bits per heavy atom. The molecule has 1 aromatic rings. The Kier molecular flexibility index (Phi) is 7.02. The molecule has 0 unspecified atom stereocenters. The van der Waals surface area contributed by atoms with Crippen LogP contribution in [0.5, 0.6) is 5.75 Å². The van der Waals surface area contributed by atoms with Crippen molar-refractivity contribution in [3.8, 4) is 5.75 Å². The van der Waals surface area contributed by atoms with Crippen molar-refractivity contribution >= 4 is 29.1 Å². The predicted molar refractivity (Wildman–Crippen MR) is 110 cm³/mol. The molecule has 0 aromatic heterocycles. The van der Waals surface area contributed by atoms with E-state index >= 15 is 0 Å². The molecule has 2 saturated heterocycles. The van der Waals surface area contributed by atoms with E-state index < -0.39 is 0 Å². The van der Waals surface area contributed by atoms with Gasteiger partial charge in [-0.1, -0.05) is 11.6 Å². The van der Waals surface area contributed by atoms with Crippen LogP contribution in [0.1, 0.15) is 36.0 Å². The van der Waals surface area contributed by atoms with Gasteiger partial charge in [0.1, 0.15) is 5.75 Å². The Hall–Kier alpha value is -1.99. The van der Waals surface area contributed by atoms with Gasteiger partial charge in [0, 0.05) is 31.6 Å². The van der Waals surface area contributed by atoms with E-state index in [1.165, 1.54) is 13.2 Å². The van der Waals surface area contributed by atoms with Crippen LogP contribution in [-0.2, 0) is 4.79 Å². The van der Waals surface area contributed by atoms with Gasteiger partial charge in [0.05, 0.1) is 23.4 Å². The van der Waals surface area contributed by atoms with E-state index in [9.17, 15) is 9.59 Å². The van der Waals surface area contributed by atoms with Crippen molar-refractivity contribution in [1.29, 1.82) is 0 Å². The number of carbonyl (C=O) groups excluding carboxylic acids is 2. The lowest BCUT2D eigenvalue weighted by Crippen LogP contribution is -2.46. The number of nitrogens with zero attached hydrogens (tertiary/aromatic N) is 1. The molecular formula is C20H29ClN4O3. The Balaban J connectivity index is 1.48. The molecule has 1 aromatic carbocycles. The first-order chi connectivity index (χ1) is 13.5. The second-order valence-corrected chi connectivity index (χ2v) is 7.98. The molecule has 2 aliphatic rings. The highest BCUT2D eigenvalue weighted by atomic mass is 35.5. The Bertz CT molecular complexity index is 714. The number of hydrogen-bond acceptors (Lipinski definition) is 5. The largest absolute Gasteiger partial charge is 0.496 e. The van der Waals surface area contributed by atoms with Crippen molar-refractivity contribution in [2.75, 3.05) is 45.6 Å². The van der Waals surface area contributed by atoms with Gasteiger partial charge in [0.2, 0.25) is 5.91 Å². The first-order valence-corrected chi connectivity index (χ1v) is 10.3. The summed E-state index contributed by atoms with van der Waals surface area (Å²) in [6.07, 6.45) is 3.66. The zero-order valence-corrected chi connectivity index (χ0v) is 17.1. The summed E-state index contributed by atoms with van der Waals surface area (Å²) in [5, 5.41) is 6.60. The Morgan fingerprint density at radius 1 is 1.25 bits per heavy atom. The Labute approximate surface area is 170 Å². The summed E-state index contributed by atoms with van der Waals surface area (Å²) in [5.74, 6) is 0.996. The second-order valence-electron chi connectivity index (χ2n) is 7.58. The number of nitrogens with two attached hydrogens (primary N) is 1. The maximum Gasteiger partial charge on any atom is 0.255 e. The third-order valence-electron chi connectivity index (χ3n) is 5.73. The van der Waals surface area contributed by atoms with Gasteiger partial charge < -0.3 is 26.0 Å². The van der Waals surface area contributed by atoms with E-state index in [1.807, 2.05) is 4.90 Å². The maximum atomic E-state index is 12.6. The predicted octanol–water partition coefficient (Wildman–Crippen LogP) is 1.90. The number of nitrogen functional groups attached to an aromatic ring is 1. The van der Waals surface area contributed by atoms with Gasteiger partial charge in [0.25, 0.3) is 5.91 Å². The van der Waals surface area contributed by atoms with Gasteiger partial charge in [-0.15, -0.1) is 0 Å². The molecule has 0 saturated carbocycles. The molecule has 0 radical (unpaired) electrons. The number of nitrogens with one attached hydrogen (secondary N) is 2. The maximum absolute atomic E-state index is 12.6. The molecule has 2 aliphatic heterocycles. The monoisotopic (exact) mass is 408 g/mol. The highest BCUT2D eigenvalue weighted by Gasteiger charge is 2.29. The number of methoxy groups -OCH3 is 1. The van der Waals surface area contributed by atoms with E-state index in [0.717, 1.165) is 51.9 Å². The standard InChI is InChI=1S/C20H29ClN4O3/c1-28-18-11-17(22)16(21)10-15(18)19(26)24-12-13-4-8-25(9-5-13)20(27)14-2-6-23-7-3-14/h10-11,13-14,23H,2-9,12,22H2,1H3,(H,24,26). The van der Waals surface area contributed by atoms with Gasteiger partial charge in [-0.25, -0.2) is 0 Å². The molecule has 2 fully saturated rings. The number of likely N-dealkylation sites (tertiary alicyclic amines) is 1. The molecular weight excluding hydrogens is 380 g/mol. The number of ether oxygens (including phenoxy) is 1. The highest BCUT2D eigenvalue weighted by Crippen LogP contribution is 2.29. The summed E-state index contributed by atoms with van der Waals surface area (Å²) in [6.45, 7) is 3.95. The molecule has 0 atom stereocenters. The van der Waals surface area contributed by atoms with Crippen LogP contribution in [0, 0.1) is 11.8 Å². The molecule has 0 aliphatic carbocycles. The van der Waals surface area contributed by atoms with Crippen molar-refractivity contribution in [2.24, 2.45) is 11.8 Å². The van der Waals surface area contributed by atoms with Crippen LogP contribution in [0.3, 0.4) is 0 Å². The molecule has 28 heavy (non-hydrogen) atoms. The molecule has 2 heterocycles. The third-order valence-corrected chi connectivity index (χ3v) is 6.06. The lowest BCUT2D eigenvalue weighted by Gasteiger charge is -2.35. The zero-order chi connectivity index (χ0) is 20.1. The van der Waals surface area contributed by atoms with Crippen LogP contribution in [0.4, 0.5) is 5.69 Å². The summed E-state index contributed by atoms with van der Waals surface area (Å²) >= 11 is 6.04. The number of halogens is 1. The van der Waals surface area contributed by atoms with Gasteiger partial charge >= 0.3 is 0 Å². The van der Waals surface area contributed by atoms with Gasteiger partial charge in [-0.3, -0.25) is 9.59 Å². The quantitative estimate of drug-likeness (QED) is 0.646. The van der Waals surface area contributed by atoms with E-state index in [1.54, 1.807) is 6.07 Å². The number of carbonyl (C=O) groups is 2. The van der Waals surface area contributed by atoms with Crippen LogP contribution in [0.25, 0.3) is 0 Å². The summed E-state index contributed by atoms with van der Waals surface area (Å²) in [4.78, 5) is 27.2. The average Bonchev–Trinajstić information content (AvgIpc) is 2.74. The normalized spacial score (nSPS) is 18.7. The number of amides is 2. The zero-order valence-electron chi connectivity index (χ0n) is 16.3. The molecule has 0 spiro atoms. The van der Waals surface area contributed by atoms with Crippen LogP contribution in [-0.4, -0.2) is 56.5 Å². The molecule has 4 N–H and O–H groups in total. The van der Waals surface area contributed by atoms with Crippen molar-refractivity contribution in [3.63, 3.8) is 0 Å². The van der Waals surface area contributed by atoms with E-state index in [2.05, 4.69) is 10.6 Å². The second kappa shape index (κ2) is 9.47. The minimum Gasteiger partial charge on any atom is -0.496 e. The fraction of sp³-hybridized carbons (Fsp3) is 0.600. The van der Waals surface area contributed by atoms with Gasteiger partial charge in [-0.05, 0) is 50.8 Å².